The average Bonchev–Trinajstić information content (AvgIpc) is 2.92. The Morgan fingerprint density at radius 2 is 2.04 bits per heavy atom. The molecule has 1 unspecified atom stereocenters. The fourth-order valence-corrected chi connectivity index (χ4v) is 4.02. The predicted molar refractivity (Wildman–Crippen MR) is 103 cm³/mol. The first-order chi connectivity index (χ1) is 11.3. The van der Waals surface area contributed by atoms with Gasteiger partial charge in [-0.3, -0.25) is 15.1 Å². The SMILES string of the molecule is Cc1cc([N+](=O)[O-])ccc1N(CC(C)C)C1=NC(CC(C)C)CS1. The Kier molecular flexibility index (Phi) is 6.27. The van der Waals surface area contributed by atoms with Gasteiger partial charge in [-0.25, -0.2) is 0 Å². The van der Waals surface area contributed by atoms with E-state index in [1.165, 1.54) is 0 Å². The van der Waals surface area contributed by atoms with Crippen molar-refractivity contribution in [3.63, 3.8) is 0 Å². The van der Waals surface area contributed by atoms with Crippen molar-refractivity contribution in [2.24, 2.45) is 16.8 Å². The molecule has 0 fully saturated rings. The highest BCUT2D eigenvalue weighted by Gasteiger charge is 2.26. The number of benzene rings is 1. The Morgan fingerprint density at radius 1 is 1.33 bits per heavy atom. The van der Waals surface area contributed by atoms with E-state index in [2.05, 4.69) is 32.6 Å². The molecule has 5 nitrogen and oxygen atoms in total. The van der Waals surface area contributed by atoms with Crippen LogP contribution < -0.4 is 4.90 Å². The number of nitrogens with zero attached hydrogens (tertiary/aromatic N) is 3. The summed E-state index contributed by atoms with van der Waals surface area (Å²) in [5.41, 5.74) is 2.07. The van der Waals surface area contributed by atoms with Gasteiger partial charge >= 0.3 is 0 Å². The first kappa shape index (κ1) is 18.8. The molecule has 0 saturated carbocycles. The van der Waals surface area contributed by atoms with E-state index >= 15 is 0 Å². The van der Waals surface area contributed by atoms with E-state index in [1.807, 2.05) is 13.0 Å². The van der Waals surface area contributed by atoms with Crippen LogP contribution in [0.2, 0.25) is 0 Å². The van der Waals surface area contributed by atoms with Gasteiger partial charge in [0.2, 0.25) is 0 Å². The molecule has 1 atom stereocenters. The summed E-state index contributed by atoms with van der Waals surface area (Å²) in [4.78, 5) is 17.8. The van der Waals surface area contributed by atoms with Crippen molar-refractivity contribution in [1.29, 1.82) is 0 Å². The quantitative estimate of drug-likeness (QED) is 0.542. The molecule has 0 bridgehead atoms. The second-order valence-electron chi connectivity index (χ2n) is 7.24. The van der Waals surface area contributed by atoms with Crippen LogP contribution in [0, 0.1) is 28.9 Å². The number of rotatable bonds is 6. The summed E-state index contributed by atoms with van der Waals surface area (Å²) in [6, 6.07) is 5.46. The second kappa shape index (κ2) is 8.01. The van der Waals surface area contributed by atoms with E-state index in [1.54, 1.807) is 23.9 Å². The summed E-state index contributed by atoms with van der Waals surface area (Å²) >= 11 is 1.80. The normalized spacial score (nSPS) is 17.5. The molecule has 132 valence electrons. The molecule has 0 radical (unpaired) electrons. The Labute approximate surface area is 148 Å². The van der Waals surface area contributed by atoms with Crippen molar-refractivity contribution < 1.29 is 4.92 Å². The summed E-state index contributed by atoms with van der Waals surface area (Å²) in [5, 5.41) is 12.0. The first-order valence-electron chi connectivity index (χ1n) is 8.51. The number of aryl methyl sites for hydroxylation is 1. The van der Waals surface area contributed by atoms with E-state index in [0.717, 1.165) is 35.1 Å². The molecular weight excluding hydrogens is 322 g/mol. The fourth-order valence-electron chi connectivity index (χ4n) is 2.91. The van der Waals surface area contributed by atoms with Gasteiger partial charge in [0.25, 0.3) is 5.69 Å². The van der Waals surface area contributed by atoms with Gasteiger partial charge in [-0.15, -0.1) is 0 Å². The highest BCUT2D eigenvalue weighted by Crippen LogP contribution is 2.32. The van der Waals surface area contributed by atoms with Gasteiger partial charge in [-0.1, -0.05) is 39.5 Å². The average molecular weight is 350 g/mol. The maximum Gasteiger partial charge on any atom is 0.269 e. The Hall–Kier alpha value is -1.56. The smallest absolute Gasteiger partial charge is 0.269 e. The highest BCUT2D eigenvalue weighted by molar-refractivity contribution is 8.14. The first-order valence-corrected chi connectivity index (χ1v) is 9.49. The Morgan fingerprint density at radius 3 is 2.58 bits per heavy atom. The molecule has 0 amide bonds. The summed E-state index contributed by atoms with van der Waals surface area (Å²) in [7, 11) is 0. The molecule has 0 spiro atoms. The topological polar surface area (TPSA) is 58.7 Å². The molecule has 1 aromatic carbocycles. The number of hydrogen-bond donors (Lipinski definition) is 0. The van der Waals surface area contributed by atoms with E-state index in [-0.39, 0.29) is 10.6 Å². The zero-order valence-corrected chi connectivity index (χ0v) is 16.0. The van der Waals surface area contributed by atoms with Crippen LogP contribution in [0.5, 0.6) is 0 Å². The van der Waals surface area contributed by atoms with E-state index < -0.39 is 0 Å². The van der Waals surface area contributed by atoms with Crippen LogP contribution in [0.15, 0.2) is 23.2 Å². The van der Waals surface area contributed by atoms with Crippen molar-refractivity contribution in [2.45, 2.75) is 47.1 Å². The third kappa shape index (κ3) is 4.72. The molecule has 0 aliphatic carbocycles. The van der Waals surface area contributed by atoms with Crippen LogP contribution in [0.25, 0.3) is 0 Å². The van der Waals surface area contributed by atoms with Crippen LogP contribution in [0.1, 0.15) is 39.7 Å². The standard InChI is InChI=1S/C18H27N3O2S/c1-12(2)8-15-11-24-18(19-15)20(10-13(3)4)17-7-6-16(21(22)23)9-14(17)5/h6-7,9,12-13,15H,8,10-11H2,1-5H3. The number of amidine groups is 1. The van der Waals surface area contributed by atoms with Gasteiger partial charge in [0.15, 0.2) is 5.17 Å². The highest BCUT2D eigenvalue weighted by atomic mass is 32.2. The van der Waals surface area contributed by atoms with Gasteiger partial charge in [0, 0.05) is 30.1 Å². The molecule has 6 heteroatoms. The number of non-ortho nitro benzene ring substituents is 1. The minimum absolute atomic E-state index is 0.138. The third-order valence-electron chi connectivity index (χ3n) is 3.90. The van der Waals surface area contributed by atoms with E-state index in [0.29, 0.717) is 17.9 Å². The molecule has 0 aromatic heterocycles. The van der Waals surface area contributed by atoms with Crippen molar-refractivity contribution in [3.05, 3.63) is 33.9 Å². The van der Waals surface area contributed by atoms with Crippen molar-refractivity contribution in [2.75, 3.05) is 17.2 Å². The molecule has 2 rings (SSSR count). The second-order valence-corrected chi connectivity index (χ2v) is 8.23. The molecule has 1 heterocycles. The van der Waals surface area contributed by atoms with E-state index in [4.69, 9.17) is 4.99 Å². The lowest BCUT2D eigenvalue weighted by Crippen LogP contribution is -2.32. The van der Waals surface area contributed by atoms with Crippen LogP contribution in [-0.2, 0) is 0 Å². The van der Waals surface area contributed by atoms with Gasteiger partial charge in [-0.2, -0.15) is 0 Å². The number of thioether (sulfide) groups is 1. The largest absolute Gasteiger partial charge is 0.321 e. The summed E-state index contributed by atoms with van der Waals surface area (Å²) in [6.07, 6.45) is 1.10. The lowest BCUT2D eigenvalue weighted by Gasteiger charge is -2.27. The lowest BCUT2D eigenvalue weighted by molar-refractivity contribution is -0.384. The zero-order chi connectivity index (χ0) is 17.9. The number of anilines is 1. The number of aliphatic imine (C=N–C) groups is 1. The third-order valence-corrected chi connectivity index (χ3v) is 5.04. The van der Waals surface area contributed by atoms with Gasteiger partial charge in [0.1, 0.15) is 0 Å². The number of nitro benzene ring substituents is 1. The van der Waals surface area contributed by atoms with Crippen LogP contribution >= 0.6 is 11.8 Å². The fraction of sp³-hybridized carbons (Fsp3) is 0.611. The van der Waals surface area contributed by atoms with Crippen molar-refractivity contribution >= 4 is 28.3 Å². The molecule has 1 aliphatic heterocycles. The summed E-state index contributed by atoms with van der Waals surface area (Å²) in [5.74, 6) is 2.14. The monoisotopic (exact) mass is 349 g/mol. The Bertz CT molecular complexity index is 629. The molecule has 1 aromatic rings. The molecular formula is C18H27N3O2S. The summed E-state index contributed by atoms with van der Waals surface area (Å²) in [6.45, 7) is 11.6. The molecule has 1 aliphatic rings. The van der Waals surface area contributed by atoms with Gasteiger partial charge < -0.3 is 4.90 Å². The molecule has 24 heavy (non-hydrogen) atoms. The van der Waals surface area contributed by atoms with Crippen molar-refractivity contribution in [3.8, 4) is 0 Å². The lowest BCUT2D eigenvalue weighted by atomic mass is 10.1. The maximum atomic E-state index is 11.0. The van der Waals surface area contributed by atoms with E-state index in [9.17, 15) is 10.1 Å². The van der Waals surface area contributed by atoms with Crippen LogP contribution in [-0.4, -0.2) is 28.4 Å². The minimum atomic E-state index is -0.343. The van der Waals surface area contributed by atoms with Crippen molar-refractivity contribution in [1.82, 2.24) is 0 Å². The number of nitro groups is 1. The van der Waals surface area contributed by atoms with Gasteiger partial charge in [0.05, 0.1) is 11.0 Å². The van der Waals surface area contributed by atoms with Crippen LogP contribution in [0.4, 0.5) is 11.4 Å². The zero-order valence-electron chi connectivity index (χ0n) is 15.2. The summed E-state index contributed by atoms with van der Waals surface area (Å²) < 4.78 is 0. The maximum absolute atomic E-state index is 11.0. The Balaban J connectivity index is 2.31. The predicted octanol–water partition coefficient (Wildman–Crippen LogP) is 4.88. The number of hydrogen-bond acceptors (Lipinski definition) is 5. The van der Waals surface area contributed by atoms with Crippen LogP contribution in [0.3, 0.4) is 0 Å². The molecule has 0 saturated heterocycles. The molecule has 0 N–H and O–H groups in total. The minimum Gasteiger partial charge on any atom is -0.321 e. The van der Waals surface area contributed by atoms with Gasteiger partial charge in [-0.05, 0) is 36.8 Å².